The van der Waals surface area contributed by atoms with E-state index < -0.39 is 18.1 Å². The van der Waals surface area contributed by atoms with Crippen molar-refractivity contribution in [3.63, 3.8) is 0 Å². The van der Waals surface area contributed by atoms with Gasteiger partial charge in [-0.1, -0.05) is 0 Å². The van der Waals surface area contributed by atoms with Crippen molar-refractivity contribution in [1.29, 1.82) is 0 Å². The Morgan fingerprint density at radius 2 is 2.00 bits per heavy atom. The molecule has 0 aliphatic carbocycles. The summed E-state index contributed by atoms with van der Waals surface area (Å²) in [4.78, 5) is 27.4. The van der Waals surface area contributed by atoms with Gasteiger partial charge in [-0.2, -0.15) is 0 Å². The zero-order valence-electron chi connectivity index (χ0n) is 15.4. The minimum absolute atomic E-state index is 0.280. The number of carbonyl (C=O) groups excluding carboxylic acids is 1. The Balaban J connectivity index is 1.26. The molecule has 30 heavy (non-hydrogen) atoms. The van der Waals surface area contributed by atoms with Crippen LogP contribution in [-0.2, 0) is 9.68 Å². The van der Waals surface area contributed by atoms with Crippen molar-refractivity contribution >= 4 is 28.8 Å². The van der Waals surface area contributed by atoms with Crippen molar-refractivity contribution in [2.75, 3.05) is 18.4 Å². The molecular formula is C18H17F3N4O4S. The highest BCUT2D eigenvalue weighted by molar-refractivity contribution is 7.10. The average molecular weight is 442 g/mol. The van der Waals surface area contributed by atoms with E-state index in [2.05, 4.69) is 20.5 Å². The highest BCUT2D eigenvalue weighted by Gasteiger charge is 2.40. The predicted octanol–water partition coefficient (Wildman–Crippen LogP) is 3.92. The molecular weight excluding hydrogens is 425 g/mol. The van der Waals surface area contributed by atoms with Crippen LogP contribution < -0.4 is 15.5 Å². The summed E-state index contributed by atoms with van der Waals surface area (Å²) in [6.45, 7) is 0.907. The number of alkyl halides is 3. The molecule has 3 heterocycles. The number of halogens is 3. The van der Waals surface area contributed by atoms with Gasteiger partial charge in [-0.25, -0.2) is 9.78 Å². The second-order valence-electron chi connectivity index (χ2n) is 6.67. The number of carbonyl (C=O) groups is 1. The Morgan fingerprint density at radius 1 is 1.27 bits per heavy atom. The van der Waals surface area contributed by atoms with Gasteiger partial charge in [-0.15, -0.1) is 29.6 Å². The monoisotopic (exact) mass is 442 g/mol. The molecule has 1 fully saturated rings. The number of hydrogen-bond donors (Lipinski definition) is 2. The topological polar surface area (TPSA) is 85.0 Å². The lowest BCUT2D eigenvalue weighted by Gasteiger charge is -2.35. The third kappa shape index (κ3) is 5.01. The first-order chi connectivity index (χ1) is 14.3. The summed E-state index contributed by atoms with van der Waals surface area (Å²) >= 11 is 1.51. The van der Waals surface area contributed by atoms with Gasteiger partial charge in [0, 0.05) is 30.4 Å². The van der Waals surface area contributed by atoms with Gasteiger partial charge in [0.15, 0.2) is 0 Å². The lowest BCUT2D eigenvalue weighted by Crippen LogP contribution is -2.45. The van der Waals surface area contributed by atoms with E-state index in [-0.39, 0.29) is 11.4 Å². The fourth-order valence-electron chi connectivity index (χ4n) is 3.14. The summed E-state index contributed by atoms with van der Waals surface area (Å²) in [6.07, 6.45) is -0.571. The fourth-order valence-corrected chi connectivity index (χ4v) is 3.74. The number of ether oxygens (including phenoxy) is 1. The van der Waals surface area contributed by atoms with Crippen LogP contribution in [0.2, 0.25) is 0 Å². The van der Waals surface area contributed by atoms with Gasteiger partial charge in [0.05, 0.1) is 5.70 Å². The van der Waals surface area contributed by atoms with Crippen LogP contribution >= 0.6 is 11.3 Å². The second-order valence-corrected chi connectivity index (χ2v) is 7.56. The lowest BCUT2D eigenvalue weighted by molar-refractivity contribution is -0.274. The van der Waals surface area contributed by atoms with E-state index in [1.807, 2.05) is 11.5 Å². The number of rotatable bonds is 4. The van der Waals surface area contributed by atoms with Crippen molar-refractivity contribution in [3.05, 3.63) is 46.9 Å². The molecule has 0 saturated carbocycles. The summed E-state index contributed by atoms with van der Waals surface area (Å²) in [7, 11) is 0. The Labute approximate surface area is 173 Å². The number of benzene rings is 1. The summed E-state index contributed by atoms with van der Waals surface area (Å²) in [6, 6.07) is 4.78. The lowest BCUT2D eigenvalue weighted by atomic mass is 9.92. The molecule has 2 aliphatic rings. The molecule has 2 N–H and O–H groups in total. The van der Waals surface area contributed by atoms with Crippen molar-refractivity contribution in [2.45, 2.75) is 24.8 Å². The zero-order valence-corrected chi connectivity index (χ0v) is 16.3. The standard InChI is InChI=1S/C18H17F3N4O4S/c19-18(20,21)27-13-3-1-12(2-4-13)23-16(26)28-25-8-5-17(6-9-25)11-14(24-29-17)15-22-7-10-30-15/h1-4,7,10-11,24H,5-6,8-9H2,(H,23,26). The number of aromatic nitrogens is 1. The van der Waals surface area contributed by atoms with Gasteiger partial charge in [0.1, 0.15) is 16.4 Å². The van der Waals surface area contributed by atoms with Crippen molar-refractivity contribution in [1.82, 2.24) is 15.5 Å². The first-order valence-electron chi connectivity index (χ1n) is 8.97. The number of hydrogen-bond acceptors (Lipinski definition) is 8. The predicted molar refractivity (Wildman–Crippen MR) is 101 cm³/mol. The van der Waals surface area contributed by atoms with Crippen LogP contribution in [0.25, 0.3) is 5.70 Å². The quantitative estimate of drug-likeness (QED) is 0.743. The number of amides is 1. The maximum absolute atomic E-state index is 12.2. The SMILES string of the molecule is O=C(Nc1ccc(OC(F)(F)F)cc1)ON1CCC2(C=C(c3nccs3)NO2)CC1. The van der Waals surface area contributed by atoms with Crippen LogP contribution in [0.4, 0.5) is 23.7 Å². The summed E-state index contributed by atoms with van der Waals surface area (Å²) in [5.41, 5.74) is 3.54. The molecule has 0 atom stereocenters. The van der Waals surface area contributed by atoms with Gasteiger partial charge in [-0.05, 0) is 43.2 Å². The van der Waals surface area contributed by atoms with Crippen LogP contribution in [0.15, 0.2) is 41.9 Å². The van der Waals surface area contributed by atoms with E-state index in [1.54, 1.807) is 6.20 Å². The number of piperidine rings is 1. The van der Waals surface area contributed by atoms with E-state index in [9.17, 15) is 18.0 Å². The number of nitrogens with zero attached hydrogens (tertiary/aromatic N) is 2. The van der Waals surface area contributed by atoms with Crippen LogP contribution in [0.3, 0.4) is 0 Å². The molecule has 1 aromatic carbocycles. The summed E-state index contributed by atoms with van der Waals surface area (Å²) in [5, 5.41) is 6.71. The van der Waals surface area contributed by atoms with Gasteiger partial charge >= 0.3 is 12.5 Å². The van der Waals surface area contributed by atoms with Crippen molar-refractivity contribution < 1.29 is 32.4 Å². The Hall–Kier alpha value is -2.83. The smallest absolute Gasteiger partial charge is 0.406 e. The van der Waals surface area contributed by atoms with Crippen molar-refractivity contribution in [3.8, 4) is 5.75 Å². The third-order valence-electron chi connectivity index (χ3n) is 4.55. The average Bonchev–Trinajstić information content (AvgIpc) is 3.35. The van der Waals surface area contributed by atoms with Crippen LogP contribution in [0.5, 0.6) is 5.75 Å². The summed E-state index contributed by atoms with van der Waals surface area (Å²) in [5.74, 6) is -0.377. The first-order valence-corrected chi connectivity index (χ1v) is 9.85. The number of nitrogens with one attached hydrogen (secondary N) is 2. The Bertz CT molecular complexity index is 911. The van der Waals surface area contributed by atoms with Crippen LogP contribution in [0.1, 0.15) is 17.8 Å². The molecule has 2 aliphatic heterocycles. The molecule has 1 aromatic heterocycles. The molecule has 1 amide bonds. The molecule has 2 aromatic rings. The van der Waals surface area contributed by atoms with E-state index in [4.69, 9.17) is 9.68 Å². The molecule has 0 bridgehead atoms. The molecule has 12 heteroatoms. The molecule has 160 valence electrons. The fraction of sp³-hybridized carbons (Fsp3) is 0.333. The maximum Gasteiger partial charge on any atom is 0.573 e. The third-order valence-corrected chi connectivity index (χ3v) is 5.36. The number of thiazole rings is 1. The van der Waals surface area contributed by atoms with E-state index in [0.717, 1.165) is 22.8 Å². The highest BCUT2D eigenvalue weighted by atomic mass is 32.1. The van der Waals surface area contributed by atoms with Gasteiger partial charge in [0.25, 0.3) is 0 Å². The molecule has 1 saturated heterocycles. The van der Waals surface area contributed by atoms with E-state index >= 15 is 0 Å². The molecule has 4 rings (SSSR count). The minimum Gasteiger partial charge on any atom is -0.406 e. The molecule has 0 unspecified atom stereocenters. The number of hydroxylamine groups is 3. The van der Waals surface area contributed by atoms with Crippen LogP contribution in [0, 0.1) is 0 Å². The summed E-state index contributed by atoms with van der Waals surface area (Å²) < 4.78 is 40.3. The normalized spacial score (nSPS) is 18.6. The molecule has 0 radical (unpaired) electrons. The molecule has 1 spiro atoms. The zero-order chi connectivity index (χ0) is 21.2. The maximum atomic E-state index is 12.2. The largest absolute Gasteiger partial charge is 0.573 e. The Kier molecular flexibility index (Phi) is 5.54. The Morgan fingerprint density at radius 3 is 2.63 bits per heavy atom. The van der Waals surface area contributed by atoms with Crippen molar-refractivity contribution in [2.24, 2.45) is 0 Å². The van der Waals surface area contributed by atoms with Crippen LogP contribution in [-0.4, -0.2) is 41.2 Å². The first kappa shape index (κ1) is 20.4. The second kappa shape index (κ2) is 8.13. The van der Waals surface area contributed by atoms with E-state index in [0.29, 0.717) is 25.9 Å². The van der Waals surface area contributed by atoms with Gasteiger partial charge in [-0.3, -0.25) is 15.6 Å². The van der Waals surface area contributed by atoms with Gasteiger partial charge in [0.2, 0.25) is 0 Å². The molecule has 8 nitrogen and oxygen atoms in total. The van der Waals surface area contributed by atoms with Gasteiger partial charge < -0.3 is 9.57 Å². The van der Waals surface area contributed by atoms with E-state index in [1.165, 1.54) is 28.5 Å². The highest BCUT2D eigenvalue weighted by Crippen LogP contribution is 2.35. The number of anilines is 1. The minimum atomic E-state index is -4.77.